The molecule has 1 heterocycles. The Morgan fingerprint density at radius 2 is 2.38 bits per heavy atom. The van der Waals surface area contributed by atoms with Crippen LogP contribution in [0.15, 0.2) is 12.3 Å². The minimum absolute atomic E-state index is 0.202. The van der Waals surface area contributed by atoms with Crippen LogP contribution in [-0.4, -0.2) is 22.3 Å². The average molecular weight is 181 g/mol. The highest BCUT2D eigenvalue weighted by molar-refractivity contribution is 5.89. The number of hydrogen-bond acceptors (Lipinski definition) is 3. The second kappa shape index (κ2) is 4.64. The van der Waals surface area contributed by atoms with Gasteiger partial charge in [0.25, 0.3) is 0 Å². The SMILES string of the molecule is CCCn1nccc1C(=N)OCC. The molecule has 4 nitrogen and oxygen atoms in total. The molecule has 0 bridgehead atoms. The van der Waals surface area contributed by atoms with E-state index in [0.717, 1.165) is 18.7 Å². The molecule has 0 saturated carbocycles. The Bertz CT molecular complexity index is 280. The van der Waals surface area contributed by atoms with Crippen LogP contribution in [0, 0.1) is 5.41 Å². The third-order valence-corrected chi connectivity index (χ3v) is 1.67. The van der Waals surface area contributed by atoms with E-state index in [2.05, 4.69) is 12.0 Å². The highest BCUT2D eigenvalue weighted by atomic mass is 16.5. The zero-order valence-corrected chi connectivity index (χ0v) is 8.08. The van der Waals surface area contributed by atoms with Crippen molar-refractivity contribution in [3.05, 3.63) is 18.0 Å². The third kappa shape index (κ3) is 2.31. The zero-order valence-electron chi connectivity index (χ0n) is 8.08. The molecular formula is C9H15N3O. The van der Waals surface area contributed by atoms with Gasteiger partial charge >= 0.3 is 0 Å². The fourth-order valence-corrected chi connectivity index (χ4v) is 1.13. The van der Waals surface area contributed by atoms with E-state index in [4.69, 9.17) is 10.1 Å². The molecule has 1 N–H and O–H groups in total. The van der Waals surface area contributed by atoms with Crippen LogP contribution in [0.3, 0.4) is 0 Å². The maximum absolute atomic E-state index is 7.58. The third-order valence-electron chi connectivity index (χ3n) is 1.67. The van der Waals surface area contributed by atoms with E-state index in [-0.39, 0.29) is 5.90 Å². The predicted octanol–water partition coefficient (Wildman–Crippen LogP) is 1.65. The summed E-state index contributed by atoms with van der Waals surface area (Å²) in [5.41, 5.74) is 0.753. The number of ether oxygens (including phenoxy) is 1. The summed E-state index contributed by atoms with van der Waals surface area (Å²) in [6.07, 6.45) is 2.70. The van der Waals surface area contributed by atoms with Gasteiger partial charge < -0.3 is 4.74 Å². The second-order valence-corrected chi connectivity index (χ2v) is 2.70. The largest absolute Gasteiger partial charge is 0.477 e. The first-order chi connectivity index (χ1) is 6.29. The van der Waals surface area contributed by atoms with Crippen LogP contribution >= 0.6 is 0 Å². The molecule has 0 spiro atoms. The van der Waals surface area contributed by atoms with Crippen molar-refractivity contribution in [2.75, 3.05) is 6.61 Å². The van der Waals surface area contributed by atoms with Gasteiger partial charge in [-0.25, -0.2) is 0 Å². The first-order valence-corrected chi connectivity index (χ1v) is 4.53. The number of aryl methyl sites for hydroxylation is 1. The molecule has 0 amide bonds. The van der Waals surface area contributed by atoms with Gasteiger partial charge in [0.1, 0.15) is 5.69 Å². The smallest absolute Gasteiger partial charge is 0.232 e. The Morgan fingerprint density at radius 1 is 1.62 bits per heavy atom. The van der Waals surface area contributed by atoms with Crippen molar-refractivity contribution in [3.8, 4) is 0 Å². The molecule has 0 aliphatic heterocycles. The summed E-state index contributed by atoms with van der Waals surface area (Å²) in [4.78, 5) is 0. The lowest BCUT2D eigenvalue weighted by molar-refractivity contribution is 0.322. The molecule has 0 aliphatic carbocycles. The first-order valence-electron chi connectivity index (χ1n) is 4.53. The molecule has 1 aromatic rings. The Morgan fingerprint density at radius 3 is 3.00 bits per heavy atom. The predicted molar refractivity (Wildman–Crippen MR) is 51.0 cm³/mol. The summed E-state index contributed by atoms with van der Waals surface area (Å²) in [6, 6.07) is 1.80. The fourth-order valence-electron chi connectivity index (χ4n) is 1.13. The van der Waals surface area contributed by atoms with Crippen LogP contribution in [0.25, 0.3) is 0 Å². The van der Waals surface area contributed by atoms with Gasteiger partial charge in [-0.2, -0.15) is 5.10 Å². The van der Waals surface area contributed by atoms with Crippen molar-refractivity contribution >= 4 is 5.90 Å². The Kier molecular flexibility index (Phi) is 3.49. The number of nitrogens with one attached hydrogen (secondary N) is 1. The highest BCUT2D eigenvalue weighted by Gasteiger charge is 2.07. The normalized spacial score (nSPS) is 10.0. The molecule has 0 atom stereocenters. The minimum Gasteiger partial charge on any atom is -0.477 e. The summed E-state index contributed by atoms with van der Waals surface area (Å²) < 4.78 is 6.89. The lowest BCUT2D eigenvalue weighted by Gasteiger charge is -2.07. The van der Waals surface area contributed by atoms with Crippen molar-refractivity contribution in [3.63, 3.8) is 0 Å². The molecule has 13 heavy (non-hydrogen) atoms. The maximum Gasteiger partial charge on any atom is 0.232 e. The quantitative estimate of drug-likeness (QED) is 0.567. The van der Waals surface area contributed by atoms with Gasteiger partial charge in [-0.1, -0.05) is 6.92 Å². The molecule has 0 unspecified atom stereocenters. The van der Waals surface area contributed by atoms with Gasteiger partial charge in [0.05, 0.1) is 6.61 Å². The van der Waals surface area contributed by atoms with E-state index in [1.165, 1.54) is 0 Å². The maximum atomic E-state index is 7.58. The fraction of sp³-hybridized carbons (Fsp3) is 0.556. The Labute approximate surface area is 78.0 Å². The van der Waals surface area contributed by atoms with Crippen molar-refractivity contribution < 1.29 is 4.74 Å². The van der Waals surface area contributed by atoms with Crippen LogP contribution in [0.4, 0.5) is 0 Å². The van der Waals surface area contributed by atoms with E-state index in [0.29, 0.717) is 6.61 Å². The molecule has 1 aromatic heterocycles. The van der Waals surface area contributed by atoms with E-state index in [1.807, 2.05) is 6.92 Å². The topological polar surface area (TPSA) is 50.9 Å². The lowest BCUT2D eigenvalue weighted by atomic mass is 10.4. The van der Waals surface area contributed by atoms with Gasteiger partial charge in [-0.05, 0) is 19.4 Å². The van der Waals surface area contributed by atoms with Crippen molar-refractivity contribution in [2.45, 2.75) is 26.8 Å². The molecule has 4 heteroatoms. The molecular weight excluding hydrogens is 166 g/mol. The molecule has 0 radical (unpaired) electrons. The molecule has 0 fully saturated rings. The van der Waals surface area contributed by atoms with Crippen molar-refractivity contribution in [2.24, 2.45) is 0 Å². The number of rotatable bonds is 4. The van der Waals surface area contributed by atoms with E-state index in [9.17, 15) is 0 Å². The summed E-state index contributed by atoms with van der Waals surface area (Å²) in [5, 5.41) is 11.7. The molecule has 0 saturated heterocycles. The van der Waals surface area contributed by atoms with Crippen LogP contribution in [0.2, 0.25) is 0 Å². The standard InChI is InChI=1S/C9H15N3O/c1-3-7-12-8(5-6-11-12)9(10)13-4-2/h5-6,10H,3-4,7H2,1-2H3. The number of hydrogen-bond donors (Lipinski definition) is 1. The Hall–Kier alpha value is -1.32. The lowest BCUT2D eigenvalue weighted by Crippen LogP contribution is -2.13. The van der Waals surface area contributed by atoms with Gasteiger partial charge in [-0.3, -0.25) is 10.1 Å². The van der Waals surface area contributed by atoms with Gasteiger partial charge in [0, 0.05) is 12.7 Å². The number of aromatic nitrogens is 2. The first kappa shape index (κ1) is 9.77. The van der Waals surface area contributed by atoms with Crippen LogP contribution in [0.5, 0.6) is 0 Å². The van der Waals surface area contributed by atoms with Gasteiger partial charge in [-0.15, -0.1) is 0 Å². The Balaban J connectivity index is 2.74. The number of nitrogens with zero attached hydrogens (tertiary/aromatic N) is 2. The van der Waals surface area contributed by atoms with Crippen LogP contribution in [0.1, 0.15) is 26.0 Å². The summed E-state index contributed by atoms with van der Waals surface area (Å²) in [5.74, 6) is 0.202. The monoisotopic (exact) mass is 181 g/mol. The zero-order chi connectivity index (χ0) is 9.68. The van der Waals surface area contributed by atoms with Crippen LogP contribution in [-0.2, 0) is 11.3 Å². The molecule has 0 aliphatic rings. The van der Waals surface area contributed by atoms with Crippen LogP contribution < -0.4 is 0 Å². The average Bonchev–Trinajstić information content (AvgIpc) is 2.54. The van der Waals surface area contributed by atoms with E-state index >= 15 is 0 Å². The molecule has 72 valence electrons. The van der Waals surface area contributed by atoms with Gasteiger partial charge in [0.2, 0.25) is 5.90 Å². The summed E-state index contributed by atoms with van der Waals surface area (Å²) in [6.45, 7) is 5.30. The highest BCUT2D eigenvalue weighted by Crippen LogP contribution is 2.02. The minimum atomic E-state index is 0.202. The molecule has 0 aromatic carbocycles. The molecule has 1 rings (SSSR count). The van der Waals surface area contributed by atoms with E-state index < -0.39 is 0 Å². The summed E-state index contributed by atoms with van der Waals surface area (Å²) >= 11 is 0. The second-order valence-electron chi connectivity index (χ2n) is 2.70. The van der Waals surface area contributed by atoms with Crippen molar-refractivity contribution in [1.82, 2.24) is 9.78 Å². The van der Waals surface area contributed by atoms with Crippen molar-refractivity contribution in [1.29, 1.82) is 5.41 Å². The summed E-state index contributed by atoms with van der Waals surface area (Å²) in [7, 11) is 0. The van der Waals surface area contributed by atoms with Gasteiger partial charge in [0.15, 0.2) is 0 Å². The van der Waals surface area contributed by atoms with E-state index in [1.54, 1.807) is 16.9 Å².